The molecule has 0 radical (unpaired) electrons. The highest BCUT2D eigenvalue weighted by molar-refractivity contribution is 7.11. The second kappa shape index (κ2) is 9.44. The zero-order valence-corrected chi connectivity index (χ0v) is 19.8. The fourth-order valence-corrected chi connectivity index (χ4v) is 5.30. The number of carbonyl (C=O) groups is 2. The number of thiophene rings is 1. The van der Waals surface area contributed by atoms with Crippen molar-refractivity contribution in [2.45, 2.75) is 25.3 Å². The van der Waals surface area contributed by atoms with Crippen molar-refractivity contribution in [1.82, 2.24) is 4.90 Å². The van der Waals surface area contributed by atoms with Crippen molar-refractivity contribution < 1.29 is 29.3 Å². The quantitative estimate of drug-likeness (QED) is 0.546. The van der Waals surface area contributed by atoms with E-state index in [9.17, 15) is 19.8 Å². The van der Waals surface area contributed by atoms with Crippen LogP contribution in [0.5, 0.6) is 11.5 Å². The van der Waals surface area contributed by atoms with Gasteiger partial charge in [0.05, 0.1) is 24.4 Å². The van der Waals surface area contributed by atoms with Crippen molar-refractivity contribution in [1.29, 1.82) is 0 Å². The van der Waals surface area contributed by atoms with E-state index in [0.29, 0.717) is 18.7 Å². The number of carbonyl (C=O) groups excluding carboxylic acids is 1. The second-order valence-corrected chi connectivity index (χ2v) is 9.22. The zero-order valence-electron chi connectivity index (χ0n) is 19.0. The molecule has 0 aliphatic carbocycles. The summed E-state index contributed by atoms with van der Waals surface area (Å²) in [5, 5.41) is 23.3. The standard InChI is InChI=1S/C26H24N2O6S/c1-33-21-13-18-19(14-22(21)34-15-16-6-3-2-4-7-16)28(26(31)32)25(30)20-12-17(23-8-5-11-35-23)9-10-27(20)24(18)29/h2-8,11-14,20,25,30H,9-10,15H2,1H3,(H,31,32)/t20-,25?/m0/s1. The first-order valence-corrected chi connectivity index (χ1v) is 12.0. The van der Waals surface area contributed by atoms with Crippen LogP contribution in [-0.2, 0) is 6.61 Å². The van der Waals surface area contributed by atoms with E-state index in [1.54, 1.807) is 17.4 Å². The first-order chi connectivity index (χ1) is 17.0. The largest absolute Gasteiger partial charge is 0.493 e. The third-order valence-electron chi connectivity index (χ3n) is 6.24. The molecule has 2 aliphatic rings. The van der Waals surface area contributed by atoms with Gasteiger partial charge in [-0.2, -0.15) is 0 Å². The number of hydrogen-bond acceptors (Lipinski definition) is 6. The number of nitrogens with zero attached hydrogens (tertiary/aromatic N) is 2. The molecule has 180 valence electrons. The van der Waals surface area contributed by atoms with Gasteiger partial charge in [-0.25, -0.2) is 9.69 Å². The average Bonchev–Trinajstić information content (AvgIpc) is 3.40. The Bertz CT molecular complexity index is 1270. The molecule has 8 nitrogen and oxygen atoms in total. The number of carboxylic acid groups (broad SMARTS) is 1. The van der Waals surface area contributed by atoms with Gasteiger partial charge in [0.15, 0.2) is 17.7 Å². The molecule has 3 aromatic rings. The Balaban J connectivity index is 1.57. The number of fused-ring (bicyclic) bond motifs is 2. The Morgan fingerprint density at radius 1 is 1.14 bits per heavy atom. The van der Waals surface area contributed by atoms with Gasteiger partial charge in [-0.3, -0.25) is 4.79 Å². The SMILES string of the molecule is COc1cc2c(cc1OCc1ccccc1)N(C(=O)O)C(O)[C@@H]1C=C(c3cccs3)CCN1C2=O. The number of methoxy groups -OCH3 is 1. The predicted molar refractivity (Wildman–Crippen MR) is 132 cm³/mol. The molecule has 35 heavy (non-hydrogen) atoms. The first kappa shape index (κ1) is 22.9. The molecule has 2 aliphatic heterocycles. The number of aliphatic hydroxyl groups excluding tert-OH is 1. The molecule has 2 amide bonds. The Kier molecular flexibility index (Phi) is 6.19. The van der Waals surface area contributed by atoms with Gasteiger partial charge in [0.2, 0.25) is 0 Å². The molecule has 0 saturated heterocycles. The highest BCUT2D eigenvalue weighted by atomic mass is 32.1. The maximum Gasteiger partial charge on any atom is 0.414 e. The summed E-state index contributed by atoms with van der Waals surface area (Å²) in [6.45, 7) is 0.576. The van der Waals surface area contributed by atoms with Crippen molar-refractivity contribution in [3.63, 3.8) is 0 Å². The minimum absolute atomic E-state index is 0.0549. The molecular formula is C26H24N2O6S. The van der Waals surface area contributed by atoms with Crippen molar-refractivity contribution in [3.8, 4) is 11.5 Å². The second-order valence-electron chi connectivity index (χ2n) is 8.27. The smallest absolute Gasteiger partial charge is 0.414 e. The van der Waals surface area contributed by atoms with E-state index in [0.717, 1.165) is 20.9 Å². The van der Waals surface area contributed by atoms with Gasteiger partial charge >= 0.3 is 6.09 Å². The van der Waals surface area contributed by atoms with E-state index in [1.165, 1.54) is 24.1 Å². The maximum atomic E-state index is 13.6. The summed E-state index contributed by atoms with van der Waals surface area (Å²) in [7, 11) is 1.46. The zero-order chi connectivity index (χ0) is 24.5. The Labute approximate surface area is 206 Å². The molecule has 0 bridgehead atoms. The van der Waals surface area contributed by atoms with Crippen LogP contribution in [0.3, 0.4) is 0 Å². The summed E-state index contributed by atoms with van der Waals surface area (Å²) in [5.41, 5.74) is 2.08. The van der Waals surface area contributed by atoms with Gasteiger partial charge < -0.3 is 24.6 Å². The van der Waals surface area contributed by atoms with Gasteiger partial charge in [0.1, 0.15) is 6.61 Å². The van der Waals surface area contributed by atoms with Crippen LogP contribution in [0.1, 0.15) is 27.2 Å². The molecule has 0 saturated carbocycles. The third-order valence-corrected chi connectivity index (χ3v) is 7.18. The summed E-state index contributed by atoms with van der Waals surface area (Å²) in [5.74, 6) is 0.205. The van der Waals surface area contributed by atoms with E-state index in [-0.39, 0.29) is 29.5 Å². The highest BCUT2D eigenvalue weighted by Crippen LogP contribution is 2.41. The van der Waals surface area contributed by atoms with Crippen LogP contribution in [0.2, 0.25) is 0 Å². The van der Waals surface area contributed by atoms with Crippen LogP contribution in [-0.4, -0.2) is 53.0 Å². The van der Waals surface area contributed by atoms with Crippen molar-refractivity contribution >= 4 is 34.6 Å². The minimum Gasteiger partial charge on any atom is -0.493 e. The fourth-order valence-electron chi connectivity index (χ4n) is 4.51. The van der Waals surface area contributed by atoms with Gasteiger partial charge in [-0.05, 0) is 35.1 Å². The predicted octanol–water partition coefficient (Wildman–Crippen LogP) is 4.45. The van der Waals surface area contributed by atoms with Crippen molar-refractivity contribution in [2.24, 2.45) is 0 Å². The first-order valence-electron chi connectivity index (χ1n) is 11.1. The number of ether oxygens (including phenoxy) is 2. The van der Waals surface area contributed by atoms with Crippen LogP contribution in [0.4, 0.5) is 10.5 Å². The van der Waals surface area contributed by atoms with Crippen LogP contribution in [0, 0.1) is 0 Å². The Morgan fingerprint density at radius 3 is 2.63 bits per heavy atom. The summed E-state index contributed by atoms with van der Waals surface area (Å²) >= 11 is 1.56. The van der Waals surface area contributed by atoms with Crippen LogP contribution in [0.25, 0.3) is 5.57 Å². The monoisotopic (exact) mass is 492 g/mol. The fraction of sp³-hybridized carbons (Fsp3) is 0.231. The van der Waals surface area contributed by atoms with Gasteiger partial charge in [0.25, 0.3) is 5.91 Å². The van der Waals surface area contributed by atoms with Gasteiger partial charge in [0, 0.05) is 17.5 Å². The summed E-state index contributed by atoms with van der Waals surface area (Å²) < 4.78 is 11.4. The molecule has 0 fully saturated rings. The van der Waals surface area contributed by atoms with E-state index in [4.69, 9.17) is 9.47 Å². The Hall–Kier alpha value is -3.82. The Morgan fingerprint density at radius 2 is 1.94 bits per heavy atom. The molecule has 0 spiro atoms. The number of hydrogen-bond donors (Lipinski definition) is 2. The lowest BCUT2D eigenvalue weighted by molar-refractivity contribution is 0.0489. The third kappa shape index (κ3) is 4.24. The number of rotatable bonds is 5. The number of benzene rings is 2. The van der Waals surface area contributed by atoms with Crippen LogP contribution in [0.15, 0.2) is 66.1 Å². The molecular weight excluding hydrogens is 468 g/mol. The lowest BCUT2D eigenvalue weighted by atomic mass is 9.99. The van der Waals surface area contributed by atoms with Crippen LogP contribution < -0.4 is 14.4 Å². The number of anilines is 1. The number of aliphatic hydroxyl groups is 1. The molecule has 1 unspecified atom stereocenters. The van der Waals surface area contributed by atoms with Crippen molar-refractivity contribution in [2.75, 3.05) is 18.6 Å². The number of amides is 2. The van der Waals surface area contributed by atoms with E-state index in [1.807, 2.05) is 47.8 Å². The van der Waals surface area contributed by atoms with Crippen LogP contribution >= 0.6 is 11.3 Å². The summed E-state index contributed by atoms with van der Waals surface area (Å²) in [6.07, 6.45) is -0.468. The molecule has 2 aromatic carbocycles. The molecule has 3 heterocycles. The topological polar surface area (TPSA) is 99.5 Å². The average molecular weight is 493 g/mol. The normalized spacial score (nSPS) is 19.4. The molecule has 1 aromatic heterocycles. The molecule has 2 atom stereocenters. The minimum atomic E-state index is -1.50. The van der Waals surface area contributed by atoms with Gasteiger partial charge in [-0.1, -0.05) is 42.5 Å². The van der Waals surface area contributed by atoms with Crippen molar-refractivity contribution in [3.05, 3.63) is 82.1 Å². The highest BCUT2D eigenvalue weighted by Gasteiger charge is 2.43. The van der Waals surface area contributed by atoms with Gasteiger partial charge in [-0.15, -0.1) is 11.3 Å². The lowest BCUT2D eigenvalue weighted by Crippen LogP contribution is -2.53. The maximum absolute atomic E-state index is 13.6. The van der Waals surface area contributed by atoms with E-state index < -0.39 is 18.4 Å². The molecule has 5 rings (SSSR count). The molecule has 2 N–H and O–H groups in total. The lowest BCUT2D eigenvalue weighted by Gasteiger charge is -2.37. The molecule has 9 heteroatoms. The van der Waals surface area contributed by atoms with E-state index in [2.05, 4.69) is 0 Å². The summed E-state index contributed by atoms with van der Waals surface area (Å²) in [4.78, 5) is 29.4. The van der Waals surface area contributed by atoms with E-state index >= 15 is 0 Å². The summed E-state index contributed by atoms with van der Waals surface area (Å²) in [6, 6.07) is 15.5.